The van der Waals surface area contributed by atoms with Crippen molar-refractivity contribution < 1.29 is 0 Å². The molecule has 0 saturated carbocycles. The predicted molar refractivity (Wildman–Crippen MR) is 438 cm³/mol. The van der Waals surface area contributed by atoms with E-state index in [1.807, 2.05) is 0 Å². The fourth-order valence-electron chi connectivity index (χ4n) is 18.3. The molecule has 25 rings (SSSR count). The Bertz CT molecular complexity index is 8090. The maximum Gasteiger partial charge on any atom is 0.236 e. The molecule has 0 saturated heterocycles. The third-order valence-corrected chi connectivity index (χ3v) is 24.8. The van der Waals surface area contributed by atoms with Crippen molar-refractivity contribution in [1.82, 2.24) is 37.9 Å². The molecule has 10 heteroatoms. The van der Waals surface area contributed by atoms with Gasteiger partial charge in [0, 0.05) is 107 Å². The highest BCUT2D eigenvalue weighted by Gasteiger charge is 2.31. The Labute approximate surface area is 598 Å². The van der Waals surface area contributed by atoms with Crippen molar-refractivity contribution in [2.45, 2.75) is 0 Å². The largest absolute Gasteiger partial charge is 0.308 e. The van der Waals surface area contributed by atoms with Crippen molar-refractivity contribution >= 4 is 205 Å². The molecule has 0 atom stereocenters. The van der Waals surface area contributed by atoms with Crippen molar-refractivity contribution in [1.29, 1.82) is 0 Å². The smallest absolute Gasteiger partial charge is 0.236 e. The van der Waals surface area contributed by atoms with Crippen LogP contribution in [0.5, 0.6) is 0 Å². The number of hydrogen-bond acceptors (Lipinski definition) is 6. The summed E-state index contributed by atoms with van der Waals surface area (Å²) in [6, 6.07) is 112. The Balaban J connectivity index is 0.714. The van der Waals surface area contributed by atoms with Crippen LogP contribution in [0.4, 0.5) is 0 Å². The summed E-state index contributed by atoms with van der Waals surface area (Å²) in [5.41, 5.74) is 20.0. The molecule has 15 aromatic carbocycles. The third kappa shape index (κ3) is 7.24. The molecule has 0 aliphatic carbocycles. The molecule has 104 heavy (non-hydrogen) atoms. The fourth-order valence-corrected chi connectivity index (χ4v) is 20.5. The summed E-state index contributed by atoms with van der Waals surface area (Å²) in [4.78, 5) is 25.0. The number of nitrogens with zero attached hydrogens (tertiary/aromatic N) is 8. The summed E-state index contributed by atoms with van der Waals surface area (Å²) in [7, 11) is 0. The maximum absolute atomic E-state index is 5.83. The second-order valence-corrected chi connectivity index (χ2v) is 30.0. The van der Waals surface area contributed by atoms with Gasteiger partial charge in [-0.1, -0.05) is 237 Å². The molecule has 0 amide bonds. The van der Waals surface area contributed by atoms with Gasteiger partial charge in [-0.3, -0.25) is 9.13 Å². The second kappa shape index (κ2) is 20.2. The summed E-state index contributed by atoms with van der Waals surface area (Å²) < 4.78 is 12.1. The van der Waals surface area contributed by atoms with Crippen LogP contribution in [0.1, 0.15) is 0 Å². The van der Waals surface area contributed by atoms with Gasteiger partial charge in [0.15, 0.2) is 0 Å². The molecule has 0 radical (unpaired) electrons. The number of para-hydroxylation sites is 3. The first-order chi connectivity index (χ1) is 51.6. The van der Waals surface area contributed by atoms with Crippen LogP contribution >= 0.6 is 22.7 Å². The lowest BCUT2D eigenvalue weighted by atomic mass is 9.98. The van der Waals surface area contributed by atoms with Crippen molar-refractivity contribution in [3.8, 4) is 56.7 Å². The van der Waals surface area contributed by atoms with Gasteiger partial charge in [0.05, 0.1) is 66.6 Å². The molecule has 0 aliphatic heterocycles. The molecule has 0 spiro atoms. The van der Waals surface area contributed by atoms with Gasteiger partial charge in [-0.25, -0.2) is 19.9 Å². The number of aromatic nitrogens is 8. The number of thiophene rings is 2. The Morgan fingerprint density at radius 2 is 0.615 bits per heavy atom. The fraction of sp³-hybridized carbons (Fsp3) is 0. The van der Waals surface area contributed by atoms with E-state index < -0.39 is 0 Å². The topological polar surface area (TPSA) is 70.2 Å². The van der Waals surface area contributed by atoms with Crippen LogP contribution in [0.15, 0.2) is 303 Å². The molecule has 0 fully saturated rings. The van der Waals surface area contributed by atoms with E-state index in [0.29, 0.717) is 11.9 Å². The first-order valence-electron chi connectivity index (χ1n) is 35.3. The SMILES string of the molecule is c1ccc(-c2ccc(-c3nc(-n4c5ccc6ccccc6c5c5cc6c7cc(-c8ccc9c(c8)sc8nc(-n%10c%11ccc%12ccccc%12c%11c%11cc%12c%13ccccc%13n%13c%14ccccc%14c(c%11%10)c%12%13)nc(-c%10ccccc%10)c89)ccc7n7c8ccccc8c(c54)c67)nc4sc5ccccc5c34)cc2)cc1. The summed E-state index contributed by atoms with van der Waals surface area (Å²) in [5.74, 6) is 1.29. The van der Waals surface area contributed by atoms with E-state index in [9.17, 15) is 0 Å². The first-order valence-corrected chi connectivity index (χ1v) is 37.0. The molecule has 0 aliphatic rings. The minimum atomic E-state index is 0.646. The van der Waals surface area contributed by atoms with Gasteiger partial charge in [0.25, 0.3) is 0 Å². The summed E-state index contributed by atoms with van der Waals surface area (Å²) in [6.45, 7) is 0. The molecule has 10 heterocycles. The quantitative estimate of drug-likeness (QED) is 0.166. The van der Waals surface area contributed by atoms with E-state index in [2.05, 4.69) is 321 Å². The lowest BCUT2D eigenvalue weighted by molar-refractivity contribution is 1.02. The van der Waals surface area contributed by atoms with Crippen LogP contribution < -0.4 is 0 Å². The van der Waals surface area contributed by atoms with E-state index in [1.54, 1.807) is 22.7 Å². The number of benzene rings is 15. The van der Waals surface area contributed by atoms with Gasteiger partial charge in [0.2, 0.25) is 11.9 Å². The van der Waals surface area contributed by atoms with Crippen LogP contribution in [-0.4, -0.2) is 37.9 Å². The average molecular weight is 1360 g/mol. The van der Waals surface area contributed by atoms with Crippen LogP contribution in [0, 0.1) is 0 Å². The zero-order valence-electron chi connectivity index (χ0n) is 55.3. The van der Waals surface area contributed by atoms with Crippen molar-refractivity contribution in [2.24, 2.45) is 0 Å². The van der Waals surface area contributed by atoms with Gasteiger partial charge in [-0.15, -0.1) is 22.7 Å². The van der Waals surface area contributed by atoms with Crippen LogP contribution in [0.25, 0.3) is 239 Å². The average Bonchev–Trinajstić information content (AvgIpc) is 1.52. The molecule has 0 unspecified atom stereocenters. The summed E-state index contributed by atoms with van der Waals surface area (Å²) in [5, 5.41) is 23.6. The predicted octanol–water partition coefficient (Wildman–Crippen LogP) is 25.5. The van der Waals surface area contributed by atoms with E-state index in [0.717, 1.165) is 114 Å². The minimum absolute atomic E-state index is 0.646. The zero-order valence-corrected chi connectivity index (χ0v) is 56.9. The van der Waals surface area contributed by atoms with E-state index >= 15 is 0 Å². The van der Waals surface area contributed by atoms with Gasteiger partial charge in [-0.05, 0) is 111 Å². The molecular formula is C94H50N8S2. The molecule has 0 bridgehead atoms. The Kier molecular flexibility index (Phi) is 10.8. The monoisotopic (exact) mass is 1350 g/mol. The zero-order chi connectivity index (χ0) is 67.3. The Morgan fingerprint density at radius 1 is 0.212 bits per heavy atom. The maximum atomic E-state index is 5.83. The highest BCUT2D eigenvalue weighted by atomic mass is 32.1. The Morgan fingerprint density at radius 3 is 1.21 bits per heavy atom. The van der Waals surface area contributed by atoms with Crippen LogP contribution in [0.2, 0.25) is 0 Å². The normalized spacial score (nSPS) is 12.6. The van der Waals surface area contributed by atoms with Gasteiger partial charge in [0.1, 0.15) is 9.66 Å². The molecule has 10 aromatic heterocycles. The highest BCUT2D eigenvalue weighted by Crippen LogP contribution is 2.52. The number of rotatable bonds is 6. The van der Waals surface area contributed by atoms with Crippen LogP contribution in [0.3, 0.4) is 0 Å². The van der Waals surface area contributed by atoms with E-state index in [1.165, 1.54) is 113 Å². The van der Waals surface area contributed by atoms with Gasteiger partial charge >= 0.3 is 0 Å². The number of fused-ring (bicyclic) bond motifs is 30. The molecule has 25 aromatic rings. The third-order valence-electron chi connectivity index (χ3n) is 22.7. The minimum Gasteiger partial charge on any atom is -0.308 e. The van der Waals surface area contributed by atoms with Crippen molar-refractivity contribution in [3.63, 3.8) is 0 Å². The van der Waals surface area contributed by atoms with Gasteiger partial charge < -0.3 is 8.80 Å². The van der Waals surface area contributed by atoms with Gasteiger partial charge in [-0.2, -0.15) is 0 Å². The van der Waals surface area contributed by atoms with E-state index in [-0.39, 0.29) is 0 Å². The lowest BCUT2D eigenvalue weighted by Crippen LogP contribution is -2.03. The molecule has 8 nitrogen and oxygen atoms in total. The summed E-state index contributed by atoms with van der Waals surface area (Å²) >= 11 is 3.49. The number of hydrogen-bond donors (Lipinski definition) is 0. The van der Waals surface area contributed by atoms with E-state index in [4.69, 9.17) is 19.9 Å². The van der Waals surface area contributed by atoms with Crippen molar-refractivity contribution in [3.05, 3.63) is 303 Å². The first kappa shape index (κ1) is 55.4. The lowest BCUT2D eigenvalue weighted by Gasteiger charge is -2.12. The highest BCUT2D eigenvalue weighted by molar-refractivity contribution is 7.26. The second-order valence-electron chi connectivity index (χ2n) is 27.9. The molecule has 478 valence electrons. The molecule has 0 N–H and O–H groups in total. The standard InChI is InChI=1S/C94H50N8S2/c1-3-19-51(20-4-1)52-35-37-56(38-36-52)86-81-64-30-14-18-34-77(64)103-91(81)97-94(96-86)102-76-46-41-54-22-8-10-26-60(54)80(76)70-50-68-66-47-57(42-44-74(66)100-73-33-17-13-29-63(73)84(88(68)100)90(70)102)58-39-43-65-78(48-58)104-92-82(65)85(55-23-5-2-6-24-55)95-93(98-92)101-75-45-40-53-21-7-9-25-59(53)79(75)69-49-67-61-27-11-15-31-71(61)99-72-32-16-12-28-62(72)83(87(67)99)89(69)101/h1-50H. The van der Waals surface area contributed by atoms with Crippen molar-refractivity contribution in [2.75, 3.05) is 0 Å². The van der Waals surface area contributed by atoms with Crippen LogP contribution in [-0.2, 0) is 0 Å². The molecular weight excluding hydrogens is 1310 g/mol. The Hall–Kier alpha value is -13.4. The summed E-state index contributed by atoms with van der Waals surface area (Å²) in [6.07, 6.45) is 0.